The highest BCUT2D eigenvalue weighted by Crippen LogP contribution is 2.17. The molecule has 0 aliphatic rings. The average Bonchev–Trinajstić information content (AvgIpc) is 2.72. The largest absolute Gasteiger partial charge is 0.399 e. The van der Waals surface area contributed by atoms with Crippen LogP contribution < -0.4 is 11.1 Å². The molecule has 0 aliphatic heterocycles. The molecule has 3 N–H and O–H groups in total. The van der Waals surface area contributed by atoms with E-state index < -0.39 is 0 Å². The van der Waals surface area contributed by atoms with Crippen LogP contribution in [0, 0.1) is 0 Å². The van der Waals surface area contributed by atoms with E-state index in [4.69, 9.17) is 5.73 Å². The van der Waals surface area contributed by atoms with Crippen LogP contribution in [-0.4, -0.2) is 22.7 Å². The molecule has 5 heteroatoms. The monoisotopic (exact) mass is 232 g/mol. The normalized spacial score (nSPS) is 10.6. The molecule has 1 heterocycles. The van der Waals surface area contributed by atoms with Gasteiger partial charge >= 0.3 is 0 Å². The van der Waals surface area contributed by atoms with E-state index in [-0.39, 0.29) is 5.91 Å². The van der Waals surface area contributed by atoms with Gasteiger partial charge in [-0.05, 0) is 24.6 Å². The van der Waals surface area contributed by atoms with Crippen molar-refractivity contribution in [1.82, 2.24) is 15.1 Å². The molecule has 0 saturated carbocycles. The molecule has 0 saturated heterocycles. The number of nitrogens with zero attached hydrogens (tertiary/aromatic N) is 2. The van der Waals surface area contributed by atoms with Crippen molar-refractivity contribution >= 4 is 22.5 Å². The van der Waals surface area contributed by atoms with E-state index in [1.165, 1.54) is 0 Å². The SMILES string of the molecule is CNC(=O)CCCn1ncc2ccc(N)cc21. The van der Waals surface area contributed by atoms with Crippen molar-refractivity contribution in [2.75, 3.05) is 12.8 Å². The van der Waals surface area contributed by atoms with E-state index in [0.717, 1.165) is 29.6 Å². The molecule has 0 spiro atoms. The predicted molar refractivity (Wildman–Crippen MR) is 67.4 cm³/mol. The second-order valence-electron chi connectivity index (χ2n) is 3.96. The van der Waals surface area contributed by atoms with Gasteiger partial charge in [0.1, 0.15) is 0 Å². The number of anilines is 1. The molecule has 0 bridgehead atoms. The summed E-state index contributed by atoms with van der Waals surface area (Å²) < 4.78 is 1.88. The Labute approximate surface area is 99.6 Å². The summed E-state index contributed by atoms with van der Waals surface area (Å²) in [6.45, 7) is 0.723. The first-order valence-electron chi connectivity index (χ1n) is 5.62. The average molecular weight is 232 g/mol. The first kappa shape index (κ1) is 11.4. The van der Waals surface area contributed by atoms with Crippen LogP contribution in [-0.2, 0) is 11.3 Å². The molecule has 5 nitrogen and oxygen atoms in total. The van der Waals surface area contributed by atoms with E-state index in [2.05, 4.69) is 10.4 Å². The highest BCUT2D eigenvalue weighted by molar-refractivity contribution is 5.81. The Morgan fingerprint density at radius 1 is 1.53 bits per heavy atom. The minimum Gasteiger partial charge on any atom is -0.399 e. The molecule has 2 aromatic rings. The maximum atomic E-state index is 11.1. The van der Waals surface area contributed by atoms with E-state index in [9.17, 15) is 4.79 Å². The van der Waals surface area contributed by atoms with Gasteiger partial charge < -0.3 is 11.1 Å². The van der Waals surface area contributed by atoms with Crippen molar-refractivity contribution in [2.45, 2.75) is 19.4 Å². The van der Waals surface area contributed by atoms with Crippen LogP contribution >= 0.6 is 0 Å². The number of hydrogen-bond donors (Lipinski definition) is 2. The van der Waals surface area contributed by atoms with Crippen molar-refractivity contribution in [3.63, 3.8) is 0 Å². The van der Waals surface area contributed by atoms with Gasteiger partial charge in [0, 0.05) is 31.1 Å². The topological polar surface area (TPSA) is 72.9 Å². The number of aryl methyl sites for hydroxylation is 1. The standard InChI is InChI=1S/C12H16N4O/c1-14-12(17)3-2-6-16-11-7-10(13)5-4-9(11)8-15-16/h4-5,7-8H,2-3,6,13H2,1H3,(H,14,17). The summed E-state index contributed by atoms with van der Waals surface area (Å²) in [6.07, 6.45) is 3.10. The van der Waals surface area contributed by atoms with Gasteiger partial charge in [-0.15, -0.1) is 0 Å². The van der Waals surface area contributed by atoms with Crippen LogP contribution in [0.4, 0.5) is 5.69 Å². The zero-order valence-corrected chi connectivity index (χ0v) is 9.81. The number of aromatic nitrogens is 2. The molecule has 0 atom stereocenters. The zero-order chi connectivity index (χ0) is 12.3. The number of nitrogen functional groups attached to an aromatic ring is 1. The highest BCUT2D eigenvalue weighted by atomic mass is 16.1. The lowest BCUT2D eigenvalue weighted by Crippen LogP contribution is -2.17. The van der Waals surface area contributed by atoms with E-state index >= 15 is 0 Å². The first-order valence-corrected chi connectivity index (χ1v) is 5.62. The molecule has 0 unspecified atom stereocenters. The fourth-order valence-electron chi connectivity index (χ4n) is 1.78. The zero-order valence-electron chi connectivity index (χ0n) is 9.81. The van der Waals surface area contributed by atoms with Crippen molar-refractivity contribution in [2.24, 2.45) is 0 Å². The van der Waals surface area contributed by atoms with Crippen LogP contribution in [0.25, 0.3) is 10.9 Å². The number of amides is 1. The van der Waals surface area contributed by atoms with E-state index in [1.807, 2.05) is 29.1 Å². The minimum absolute atomic E-state index is 0.0565. The number of fused-ring (bicyclic) bond motifs is 1. The van der Waals surface area contributed by atoms with Crippen molar-refractivity contribution in [3.8, 4) is 0 Å². The van der Waals surface area contributed by atoms with Gasteiger partial charge in [0.05, 0.1) is 11.7 Å². The molecule has 2 rings (SSSR count). The smallest absolute Gasteiger partial charge is 0.219 e. The van der Waals surface area contributed by atoms with Gasteiger partial charge in [0.25, 0.3) is 0 Å². The molecule has 90 valence electrons. The molecule has 1 aromatic carbocycles. The lowest BCUT2D eigenvalue weighted by Gasteiger charge is -2.03. The van der Waals surface area contributed by atoms with Gasteiger partial charge in [-0.3, -0.25) is 9.48 Å². The molecular weight excluding hydrogens is 216 g/mol. The summed E-state index contributed by atoms with van der Waals surface area (Å²) in [7, 11) is 1.65. The molecule has 0 fully saturated rings. The van der Waals surface area contributed by atoms with Crippen LogP contribution in [0.15, 0.2) is 24.4 Å². The second kappa shape index (κ2) is 4.86. The van der Waals surface area contributed by atoms with Crippen LogP contribution in [0.5, 0.6) is 0 Å². The summed E-state index contributed by atoms with van der Waals surface area (Å²) in [4.78, 5) is 11.1. The number of hydrogen-bond acceptors (Lipinski definition) is 3. The number of nitrogens with one attached hydrogen (secondary N) is 1. The third-order valence-electron chi connectivity index (χ3n) is 2.72. The second-order valence-corrected chi connectivity index (χ2v) is 3.96. The number of rotatable bonds is 4. The van der Waals surface area contributed by atoms with Gasteiger partial charge in [-0.2, -0.15) is 5.10 Å². The maximum Gasteiger partial charge on any atom is 0.219 e. The lowest BCUT2D eigenvalue weighted by atomic mass is 10.2. The highest BCUT2D eigenvalue weighted by Gasteiger charge is 2.04. The summed E-state index contributed by atoms with van der Waals surface area (Å²) in [5, 5.41) is 7.96. The molecule has 0 aliphatic carbocycles. The summed E-state index contributed by atoms with van der Waals surface area (Å²) in [5.74, 6) is 0.0565. The Morgan fingerprint density at radius 2 is 2.35 bits per heavy atom. The van der Waals surface area contributed by atoms with Gasteiger partial charge in [-0.25, -0.2) is 0 Å². The van der Waals surface area contributed by atoms with Crippen LogP contribution in [0.3, 0.4) is 0 Å². The van der Waals surface area contributed by atoms with Gasteiger partial charge in [0.15, 0.2) is 0 Å². The Bertz CT molecular complexity index is 532. The maximum absolute atomic E-state index is 11.1. The minimum atomic E-state index is 0.0565. The summed E-state index contributed by atoms with van der Waals surface area (Å²) in [5.41, 5.74) is 7.49. The molecule has 1 aromatic heterocycles. The molecule has 0 radical (unpaired) electrons. The van der Waals surface area contributed by atoms with Crippen LogP contribution in [0.2, 0.25) is 0 Å². The number of carbonyl (C=O) groups is 1. The van der Waals surface area contributed by atoms with Crippen molar-refractivity contribution < 1.29 is 4.79 Å². The predicted octanol–water partition coefficient (Wildman–Crippen LogP) is 1.14. The molecule has 17 heavy (non-hydrogen) atoms. The lowest BCUT2D eigenvalue weighted by molar-refractivity contribution is -0.120. The Hall–Kier alpha value is -2.04. The quantitative estimate of drug-likeness (QED) is 0.776. The summed E-state index contributed by atoms with van der Waals surface area (Å²) >= 11 is 0. The van der Waals surface area contributed by atoms with Gasteiger partial charge in [0.2, 0.25) is 5.91 Å². The Kier molecular flexibility index (Phi) is 3.27. The summed E-state index contributed by atoms with van der Waals surface area (Å²) in [6, 6.07) is 5.72. The number of nitrogens with two attached hydrogens (primary N) is 1. The van der Waals surface area contributed by atoms with Crippen molar-refractivity contribution in [1.29, 1.82) is 0 Å². The Morgan fingerprint density at radius 3 is 3.12 bits per heavy atom. The fraction of sp³-hybridized carbons (Fsp3) is 0.333. The van der Waals surface area contributed by atoms with Crippen molar-refractivity contribution in [3.05, 3.63) is 24.4 Å². The van der Waals surface area contributed by atoms with Crippen LogP contribution in [0.1, 0.15) is 12.8 Å². The molecule has 1 amide bonds. The first-order chi connectivity index (χ1) is 8.20. The molecular formula is C12H16N4O. The number of carbonyl (C=O) groups excluding carboxylic acids is 1. The van der Waals surface area contributed by atoms with E-state index in [0.29, 0.717) is 6.42 Å². The Balaban J connectivity index is 2.08. The third kappa shape index (κ3) is 2.55. The third-order valence-corrected chi connectivity index (χ3v) is 2.72. The fourth-order valence-corrected chi connectivity index (χ4v) is 1.78. The van der Waals surface area contributed by atoms with Gasteiger partial charge in [-0.1, -0.05) is 0 Å². The van der Waals surface area contributed by atoms with E-state index in [1.54, 1.807) is 7.05 Å². The number of benzene rings is 1.